The van der Waals surface area contributed by atoms with Crippen LogP contribution in [0.3, 0.4) is 0 Å². The molecule has 1 heterocycles. The third-order valence-corrected chi connectivity index (χ3v) is 2.85. The van der Waals surface area contributed by atoms with Gasteiger partial charge in [0.25, 0.3) is 5.56 Å². The Morgan fingerprint density at radius 2 is 1.81 bits per heavy atom. The van der Waals surface area contributed by atoms with Crippen molar-refractivity contribution in [3.05, 3.63) is 56.9 Å². The Labute approximate surface area is 102 Å². The van der Waals surface area contributed by atoms with E-state index in [-0.39, 0.29) is 5.56 Å². The molecule has 0 radical (unpaired) electrons. The van der Waals surface area contributed by atoms with E-state index >= 15 is 0 Å². The largest absolute Gasteiger partial charge is 0.399 e. The highest BCUT2D eigenvalue weighted by Crippen LogP contribution is 2.14. The second kappa shape index (κ2) is 4.14. The standard InChI is InChI=1S/C12H11BrN2O/c1-8-6-10(14)7-12(16)15(8)11-4-2-9(13)3-5-11/h2-7H,14H2,1H3. The number of anilines is 1. The highest BCUT2D eigenvalue weighted by Gasteiger charge is 2.03. The van der Waals surface area contributed by atoms with Crippen LogP contribution in [-0.2, 0) is 0 Å². The van der Waals surface area contributed by atoms with Crippen molar-refractivity contribution in [1.82, 2.24) is 4.57 Å². The number of aromatic nitrogens is 1. The highest BCUT2D eigenvalue weighted by atomic mass is 79.9. The van der Waals surface area contributed by atoms with Gasteiger partial charge in [0.1, 0.15) is 0 Å². The predicted octanol–water partition coefficient (Wildman–Crippen LogP) is 2.49. The molecule has 0 aliphatic heterocycles. The molecule has 0 aliphatic carbocycles. The van der Waals surface area contributed by atoms with Gasteiger partial charge in [0.05, 0.1) is 0 Å². The average molecular weight is 279 g/mol. The van der Waals surface area contributed by atoms with Crippen LogP contribution in [0.5, 0.6) is 0 Å². The van der Waals surface area contributed by atoms with Crippen LogP contribution in [-0.4, -0.2) is 4.57 Å². The van der Waals surface area contributed by atoms with E-state index in [0.29, 0.717) is 5.69 Å². The van der Waals surface area contributed by atoms with Crippen molar-refractivity contribution in [1.29, 1.82) is 0 Å². The zero-order chi connectivity index (χ0) is 11.7. The SMILES string of the molecule is Cc1cc(N)cc(=O)n1-c1ccc(Br)cc1. The summed E-state index contributed by atoms with van der Waals surface area (Å²) < 4.78 is 2.61. The molecule has 0 saturated heterocycles. The van der Waals surface area contributed by atoms with E-state index in [1.54, 1.807) is 10.6 Å². The average Bonchev–Trinajstić information content (AvgIpc) is 2.19. The minimum absolute atomic E-state index is 0.111. The van der Waals surface area contributed by atoms with Crippen molar-refractivity contribution < 1.29 is 0 Å². The van der Waals surface area contributed by atoms with Gasteiger partial charge in [-0.3, -0.25) is 9.36 Å². The molecule has 0 saturated carbocycles. The molecule has 3 nitrogen and oxygen atoms in total. The zero-order valence-electron chi connectivity index (χ0n) is 8.77. The molecule has 0 amide bonds. The van der Waals surface area contributed by atoms with E-state index in [0.717, 1.165) is 15.9 Å². The number of benzene rings is 1. The minimum Gasteiger partial charge on any atom is -0.399 e. The first-order valence-corrected chi connectivity index (χ1v) is 5.62. The number of halogens is 1. The molecule has 0 bridgehead atoms. The van der Waals surface area contributed by atoms with Crippen molar-refractivity contribution in [2.75, 3.05) is 5.73 Å². The van der Waals surface area contributed by atoms with Crippen LogP contribution < -0.4 is 11.3 Å². The Kier molecular flexibility index (Phi) is 2.83. The molecule has 0 atom stereocenters. The van der Waals surface area contributed by atoms with E-state index in [9.17, 15) is 4.79 Å². The van der Waals surface area contributed by atoms with Crippen LogP contribution in [0.2, 0.25) is 0 Å². The van der Waals surface area contributed by atoms with E-state index in [1.165, 1.54) is 6.07 Å². The van der Waals surface area contributed by atoms with Crippen molar-refractivity contribution in [3.63, 3.8) is 0 Å². The maximum atomic E-state index is 11.8. The third kappa shape index (κ3) is 2.02. The summed E-state index contributed by atoms with van der Waals surface area (Å²) in [5, 5.41) is 0. The fourth-order valence-electron chi connectivity index (χ4n) is 1.65. The summed E-state index contributed by atoms with van der Waals surface area (Å²) in [4.78, 5) is 11.8. The van der Waals surface area contributed by atoms with Crippen LogP contribution >= 0.6 is 15.9 Å². The van der Waals surface area contributed by atoms with E-state index < -0.39 is 0 Å². The fourth-order valence-corrected chi connectivity index (χ4v) is 1.91. The number of nitrogens with zero attached hydrogens (tertiary/aromatic N) is 1. The number of nitrogens with two attached hydrogens (primary N) is 1. The van der Waals surface area contributed by atoms with Gasteiger partial charge in [-0.1, -0.05) is 15.9 Å². The van der Waals surface area contributed by atoms with Gasteiger partial charge in [0.2, 0.25) is 0 Å². The zero-order valence-corrected chi connectivity index (χ0v) is 10.4. The molecule has 0 spiro atoms. The molecule has 82 valence electrons. The van der Waals surface area contributed by atoms with Gasteiger partial charge in [-0.05, 0) is 37.3 Å². The van der Waals surface area contributed by atoms with E-state index in [2.05, 4.69) is 15.9 Å². The number of aryl methyl sites for hydroxylation is 1. The molecule has 1 aromatic heterocycles. The number of hydrogen-bond donors (Lipinski definition) is 1. The maximum Gasteiger partial charge on any atom is 0.257 e. The Balaban J connectivity index is 2.65. The summed E-state index contributed by atoms with van der Waals surface area (Å²) in [6, 6.07) is 10.8. The summed E-state index contributed by atoms with van der Waals surface area (Å²) in [5.74, 6) is 0. The third-order valence-electron chi connectivity index (χ3n) is 2.32. The first-order valence-electron chi connectivity index (χ1n) is 4.83. The monoisotopic (exact) mass is 278 g/mol. The predicted molar refractivity (Wildman–Crippen MR) is 68.9 cm³/mol. The Morgan fingerprint density at radius 1 is 1.19 bits per heavy atom. The summed E-state index contributed by atoms with van der Waals surface area (Å²) in [6.07, 6.45) is 0. The van der Waals surface area contributed by atoms with Crippen molar-refractivity contribution >= 4 is 21.6 Å². The summed E-state index contributed by atoms with van der Waals surface area (Å²) in [6.45, 7) is 1.86. The molecule has 0 unspecified atom stereocenters. The Hall–Kier alpha value is -1.55. The van der Waals surface area contributed by atoms with E-state index in [4.69, 9.17) is 5.73 Å². The van der Waals surface area contributed by atoms with Gasteiger partial charge in [-0.25, -0.2) is 0 Å². The topological polar surface area (TPSA) is 48.0 Å². The van der Waals surface area contributed by atoms with Crippen LogP contribution in [0.15, 0.2) is 45.7 Å². The molecular formula is C12H11BrN2O. The quantitative estimate of drug-likeness (QED) is 0.871. The number of pyridine rings is 1. The molecular weight excluding hydrogens is 268 g/mol. The molecule has 2 N–H and O–H groups in total. The van der Waals surface area contributed by atoms with Crippen molar-refractivity contribution in [2.24, 2.45) is 0 Å². The van der Waals surface area contributed by atoms with Gasteiger partial charge in [0.15, 0.2) is 0 Å². The molecule has 2 aromatic rings. The summed E-state index contributed by atoms with van der Waals surface area (Å²) in [5.41, 5.74) is 7.66. The molecule has 4 heteroatoms. The van der Waals surface area contributed by atoms with Crippen molar-refractivity contribution in [2.45, 2.75) is 6.92 Å². The van der Waals surface area contributed by atoms with Crippen molar-refractivity contribution in [3.8, 4) is 5.69 Å². The first-order chi connectivity index (χ1) is 7.58. The van der Waals surface area contributed by atoms with Gasteiger partial charge in [-0.2, -0.15) is 0 Å². The lowest BCUT2D eigenvalue weighted by Gasteiger charge is -2.10. The smallest absolute Gasteiger partial charge is 0.257 e. The lowest BCUT2D eigenvalue weighted by Crippen LogP contribution is -2.20. The molecule has 16 heavy (non-hydrogen) atoms. The lowest BCUT2D eigenvalue weighted by molar-refractivity contribution is 0.936. The van der Waals surface area contributed by atoms with Gasteiger partial charge < -0.3 is 5.73 Å². The molecule has 0 fully saturated rings. The second-order valence-electron chi connectivity index (χ2n) is 3.58. The summed E-state index contributed by atoms with van der Waals surface area (Å²) in [7, 11) is 0. The fraction of sp³-hybridized carbons (Fsp3) is 0.0833. The number of nitrogen functional groups attached to an aromatic ring is 1. The van der Waals surface area contributed by atoms with Gasteiger partial charge in [-0.15, -0.1) is 0 Å². The lowest BCUT2D eigenvalue weighted by atomic mass is 10.2. The molecule has 1 aromatic carbocycles. The number of rotatable bonds is 1. The number of hydrogen-bond acceptors (Lipinski definition) is 2. The van der Waals surface area contributed by atoms with Crippen LogP contribution in [0.25, 0.3) is 5.69 Å². The summed E-state index contributed by atoms with van der Waals surface area (Å²) >= 11 is 3.36. The van der Waals surface area contributed by atoms with Gasteiger partial charge >= 0.3 is 0 Å². The molecule has 2 rings (SSSR count). The van der Waals surface area contributed by atoms with Crippen LogP contribution in [0, 0.1) is 6.92 Å². The maximum absolute atomic E-state index is 11.8. The molecule has 0 aliphatic rings. The Bertz CT molecular complexity index is 573. The highest BCUT2D eigenvalue weighted by molar-refractivity contribution is 9.10. The van der Waals surface area contributed by atoms with Gasteiger partial charge in [0, 0.05) is 27.6 Å². The van der Waals surface area contributed by atoms with Crippen LogP contribution in [0.1, 0.15) is 5.69 Å². The van der Waals surface area contributed by atoms with Crippen LogP contribution in [0.4, 0.5) is 5.69 Å². The Morgan fingerprint density at radius 3 is 2.38 bits per heavy atom. The normalized spacial score (nSPS) is 10.4. The minimum atomic E-state index is -0.111. The van der Waals surface area contributed by atoms with E-state index in [1.807, 2.05) is 31.2 Å². The first kappa shape index (κ1) is 11.0. The second-order valence-corrected chi connectivity index (χ2v) is 4.50.